The molecule has 4 nitrogen and oxygen atoms in total. The molecule has 1 heterocycles. The molecule has 0 aliphatic carbocycles. The summed E-state index contributed by atoms with van der Waals surface area (Å²) < 4.78 is 0. The molecule has 0 saturated carbocycles. The van der Waals surface area contributed by atoms with E-state index < -0.39 is 5.41 Å². The maximum atomic E-state index is 11.8. The molecular formula is C17H15N3O. The van der Waals surface area contributed by atoms with Crippen molar-refractivity contribution in [3.05, 3.63) is 53.2 Å². The van der Waals surface area contributed by atoms with Crippen LogP contribution in [0, 0.1) is 16.7 Å². The number of nitrogens with zero attached hydrogens (tertiary/aromatic N) is 1. The van der Waals surface area contributed by atoms with Crippen LogP contribution in [0.25, 0.3) is 16.8 Å². The van der Waals surface area contributed by atoms with Crippen LogP contribution in [0.1, 0.15) is 25.0 Å². The average Bonchev–Trinajstić information content (AvgIpc) is 2.74. The van der Waals surface area contributed by atoms with Gasteiger partial charge >= 0.3 is 0 Å². The molecule has 1 saturated heterocycles. The Morgan fingerprint density at radius 1 is 1.19 bits per heavy atom. The number of hydrogen-bond donors (Lipinski definition) is 2. The molecule has 4 heteroatoms. The Bertz CT molecular complexity index is 812. The molecule has 1 aliphatic rings. The first-order chi connectivity index (χ1) is 10.0. The molecule has 0 atom stereocenters. The van der Waals surface area contributed by atoms with Crippen LogP contribution in [0.4, 0.5) is 0 Å². The van der Waals surface area contributed by atoms with Crippen LogP contribution in [-0.2, 0) is 4.79 Å². The molecule has 1 aliphatic heterocycles. The molecule has 0 spiro atoms. The third kappa shape index (κ3) is 2.13. The highest BCUT2D eigenvalue weighted by atomic mass is 16.2. The molecule has 1 fully saturated rings. The van der Waals surface area contributed by atoms with E-state index in [0.717, 1.165) is 22.0 Å². The summed E-state index contributed by atoms with van der Waals surface area (Å²) in [6.07, 6.45) is 1.96. The van der Waals surface area contributed by atoms with Gasteiger partial charge in [0.25, 0.3) is 0 Å². The third-order valence-corrected chi connectivity index (χ3v) is 3.90. The van der Waals surface area contributed by atoms with Gasteiger partial charge in [-0.05, 0) is 48.4 Å². The largest absolute Gasteiger partial charge is 0.302 e. The first kappa shape index (κ1) is 13.2. The van der Waals surface area contributed by atoms with Crippen molar-refractivity contribution in [2.75, 3.05) is 0 Å². The fourth-order valence-corrected chi connectivity index (χ4v) is 2.42. The van der Waals surface area contributed by atoms with Gasteiger partial charge in [-0.25, -0.2) is 0 Å². The van der Waals surface area contributed by atoms with Crippen LogP contribution < -0.4 is 10.9 Å². The molecule has 0 bridgehead atoms. The lowest BCUT2D eigenvalue weighted by Crippen LogP contribution is -2.28. The van der Waals surface area contributed by atoms with E-state index in [1.165, 1.54) is 0 Å². The number of fused-ring (bicyclic) bond motifs is 1. The summed E-state index contributed by atoms with van der Waals surface area (Å²) in [4.78, 5) is 11.8. The van der Waals surface area contributed by atoms with Gasteiger partial charge in [0.15, 0.2) is 0 Å². The van der Waals surface area contributed by atoms with Crippen LogP contribution in [0.3, 0.4) is 0 Å². The van der Waals surface area contributed by atoms with Crippen molar-refractivity contribution in [2.24, 2.45) is 5.41 Å². The predicted octanol–water partition coefficient (Wildman–Crippen LogP) is 2.71. The lowest BCUT2D eigenvalue weighted by molar-refractivity contribution is -0.125. The monoisotopic (exact) mass is 277 g/mol. The van der Waals surface area contributed by atoms with Gasteiger partial charge in [0.1, 0.15) is 0 Å². The third-order valence-electron chi connectivity index (χ3n) is 3.90. The van der Waals surface area contributed by atoms with Crippen LogP contribution in [0.2, 0.25) is 0 Å². The smallest absolute Gasteiger partial charge is 0.249 e. The number of rotatable bonds is 1. The van der Waals surface area contributed by atoms with Gasteiger partial charge in [0.2, 0.25) is 5.91 Å². The van der Waals surface area contributed by atoms with Crippen molar-refractivity contribution < 1.29 is 4.79 Å². The van der Waals surface area contributed by atoms with Gasteiger partial charge in [-0.1, -0.05) is 24.3 Å². The first-order valence-electron chi connectivity index (χ1n) is 6.74. The maximum absolute atomic E-state index is 11.8. The molecule has 104 valence electrons. The minimum Gasteiger partial charge on any atom is -0.302 e. The fraction of sp³-hybridized carbons (Fsp3) is 0.176. The van der Waals surface area contributed by atoms with E-state index in [-0.39, 0.29) is 5.91 Å². The van der Waals surface area contributed by atoms with Crippen LogP contribution in [-0.4, -0.2) is 5.91 Å². The minimum atomic E-state index is -0.588. The van der Waals surface area contributed by atoms with E-state index in [4.69, 9.17) is 5.26 Å². The molecule has 0 unspecified atom stereocenters. The van der Waals surface area contributed by atoms with Crippen molar-refractivity contribution in [1.29, 1.82) is 5.26 Å². The van der Waals surface area contributed by atoms with Crippen molar-refractivity contribution >= 4 is 22.8 Å². The Balaban J connectivity index is 2.18. The molecule has 2 aromatic rings. The summed E-state index contributed by atoms with van der Waals surface area (Å²) in [5, 5.41) is 11.1. The standard InChI is InChI=1S/C17H15N3O/c1-17(2)15(19-20-16(17)21)9-13-5-3-4-12-7-6-11(10-18)8-14(12)13/h3-9,19H,1-2H3,(H,20,21)/b15-9-. The molecule has 2 aromatic carbocycles. The number of nitriles is 1. The predicted molar refractivity (Wildman–Crippen MR) is 81.7 cm³/mol. The molecular weight excluding hydrogens is 262 g/mol. The number of nitrogens with one attached hydrogen (secondary N) is 2. The van der Waals surface area contributed by atoms with Crippen molar-refractivity contribution in [3.63, 3.8) is 0 Å². The van der Waals surface area contributed by atoms with Crippen LogP contribution in [0.15, 0.2) is 42.1 Å². The highest BCUT2D eigenvalue weighted by molar-refractivity contribution is 5.94. The Kier molecular flexibility index (Phi) is 2.91. The van der Waals surface area contributed by atoms with Crippen molar-refractivity contribution in [2.45, 2.75) is 13.8 Å². The van der Waals surface area contributed by atoms with Crippen molar-refractivity contribution in [1.82, 2.24) is 10.9 Å². The number of hydrazine groups is 1. The van der Waals surface area contributed by atoms with Gasteiger partial charge < -0.3 is 5.43 Å². The SMILES string of the molecule is CC1(C)C(=O)NN/C1=C\c1cccc2ccc(C#N)cc12. The minimum absolute atomic E-state index is 0.0494. The lowest BCUT2D eigenvalue weighted by Gasteiger charge is -2.14. The van der Waals surface area contributed by atoms with Crippen LogP contribution in [0.5, 0.6) is 0 Å². The number of benzene rings is 2. The Morgan fingerprint density at radius 2 is 2.00 bits per heavy atom. The second-order valence-corrected chi connectivity index (χ2v) is 5.66. The number of carbonyl (C=O) groups is 1. The molecule has 3 rings (SSSR count). The maximum Gasteiger partial charge on any atom is 0.249 e. The highest BCUT2D eigenvalue weighted by Crippen LogP contribution is 2.31. The van der Waals surface area contributed by atoms with E-state index >= 15 is 0 Å². The average molecular weight is 277 g/mol. The zero-order valence-electron chi connectivity index (χ0n) is 11.9. The number of hydrogen-bond acceptors (Lipinski definition) is 3. The summed E-state index contributed by atoms with van der Waals surface area (Å²) >= 11 is 0. The zero-order valence-corrected chi connectivity index (χ0v) is 11.9. The van der Waals surface area contributed by atoms with E-state index in [1.54, 1.807) is 0 Å². The lowest BCUT2D eigenvalue weighted by atomic mass is 9.88. The van der Waals surface area contributed by atoms with E-state index in [2.05, 4.69) is 16.9 Å². The Labute approximate surface area is 123 Å². The van der Waals surface area contributed by atoms with E-state index in [1.807, 2.05) is 56.3 Å². The topological polar surface area (TPSA) is 64.9 Å². The second-order valence-electron chi connectivity index (χ2n) is 5.66. The van der Waals surface area contributed by atoms with Crippen molar-refractivity contribution in [3.8, 4) is 6.07 Å². The number of amides is 1. The molecule has 2 N–H and O–H groups in total. The fourth-order valence-electron chi connectivity index (χ4n) is 2.42. The summed E-state index contributed by atoms with van der Waals surface area (Å²) in [6.45, 7) is 3.75. The second kappa shape index (κ2) is 4.64. The normalized spacial score (nSPS) is 18.3. The Morgan fingerprint density at radius 3 is 2.67 bits per heavy atom. The summed E-state index contributed by atoms with van der Waals surface area (Å²) in [7, 11) is 0. The van der Waals surface area contributed by atoms with E-state index in [9.17, 15) is 4.79 Å². The first-order valence-corrected chi connectivity index (χ1v) is 6.74. The van der Waals surface area contributed by atoms with Gasteiger partial charge in [-0.3, -0.25) is 10.2 Å². The number of carbonyl (C=O) groups excluding carboxylic acids is 1. The molecule has 0 radical (unpaired) electrons. The Hall–Kier alpha value is -2.80. The van der Waals surface area contributed by atoms with Gasteiger partial charge in [-0.2, -0.15) is 5.26 Å². The van der Waals surface area contributed by atoms with Crippen LogP contribution >= 0.6 is 0 Å². The van der Waals surface area contributed by atoms with Gasteiger partial charge in [0, 0.05) is 5.70 Å². The molecule has 1 amide bonds. The van der Waals surface area contributed by atoms with E-state index in [0.29, 0.717) is 5.56 Å². The molecule has 0 aromatic heterocycles. The quantitative estimate of drug-likeness (QED) is 0.842. The summed E-state index contributed by atoms with van der Waals surface area (Å²) in [6, 6.07) is 13.7. The van der Waals surface area contributed by atoms with Gasteiger partial charge in [-0.15, -0.1) is 0 Å². The molecule has 21 heavy (non-hydrogen) atoms. The van der Waals surface area contributed by atoms with Gasteiger partial charge in [0.05, 0.1) is 17.0 Å². The summed E-state index contributed by atoms with van der Waals surface area (Å²) in [5.41, 5.74) is 7.42. The highest BCUT2D eigenvalue weighted by Gasteiger charge is 2.37. The summed E-state index contributed by atoms with van der Waals surface area (Å²) in [5.74, 6) is -0.0494. The zero-order chi connectivity index (χ0) is 15.0.